The van der Waals surface area contributed by atoms with Crippen LogP contribution in [0.1, 0.15) is 11.3 Å². The number of aliphatic imine (C=N–C) groups is 2. The van der Waals surface area contributed by atoms with Crippen molar-refractivity contribution in [1.82, 2.24) is 19.9 Å². The molecule has 0 saturated carbocycles. The molecule has 126 valence electrons. The number of nitrogens with one attached hydrogen (secondary N) is 2. The lowest BCUT2D eigenvalue weighted by atomic mass is 10.2. The van der Waals surface area contributed by atoms with Gasteiger partial charge in [-0.2, -0.15) is 4.99 Å². The number of aryl methyl sites for hydroxylation is 1. The molecule has 0 unspecified atom stereocenters. The van der Waals surface area contributed by atoms with Crippen LogP contribution in [0.2, 0.25) is 0 Å². The number of aromatic amines is 2. The van der Waals surface area contributed by atoms with Crippen molar-refractivity contribution in [2.45, 2.75) is 6.92 Å². The minimum absolute atomic E-state index is 0.00123. The molecule has 0 bridgehead atoms. The van der Waals surface area contributed by atoms with E-state index >= 15 is 0 Å². The molecule has 0 aliphatic heterocycles. The Labute approximate surface area is 146 Å². The van der Waals surface area contributed by atoms with Gasteiger partial charge in [0.05, 0.1) is 11.2 Å². The van der Waals surface area contributed by atoms with Crippen LogP contribution in [-0.2, 0) is 0 Å². The van der Waals surface area contributed by atoms with Crippen molar-refractivity contribution < 1.29 is 5.11 Å². The van der Waals surface area contributed by atoms with Gasteiger partial charge in [-0.05, 0) is 25.2 Å². The lowest BCUT2D eigenvalue weighted by molar-refractivity contribution is 0.449. The second-order valence-electron chi connectivity index (χ2n) is 5.02. The zero-order valence-electron chi connectivity index (χ0n) is 13.0. The Hall–Kier alpha value is -3.40. The second-order valence-corrected chi connectivity index (χ2v) is 5.43. The van der Waals surface area contributed by atoms with E-state index in [2.05, 4.69) is 29.9 Å². The van der Waals surface area contributed by atoms with Crippen LogP contribution >= 0.6 is 12.2 Å². The molecule has 0 atom stereocenters. The first-order valence-corrected chi connectivity index (χ1v) is 7.52. The van der Waals surface area contributed by atoms with E-state index in [1.54, 1.807) is 0 Å². The van der Waals surface area contributed by atoms with E-state index in [1.807, 2.05) is 31.2 Å². The minimum atomic E-state index is -0.601. The normalized spacial score (nSPS) is 12.1. The van der Waals surface area contributed by atoms with Crippen molar-refractivity contribution in [3.8, 4) is 5.88 Å². The number of nitrogens with two attached hydrogens (primary N) is 1. The van der Waals surface area contributed by atoms with E-state index < -0.39 is 11.4 Å². The third-order valence-electron chi connectivity index (χ3n) is 3.28. The van der Waals surface area contributed by atoms with Gasteiger partial charge in [-0.1, -0.05) is 18.2 Å². The Balaban J connectivity index is 1.95. The van der Waals surface area contributed by atoms with Crippen LogP contribution < -0.4 is 11.3 Å². The fraction of sp³-hybridized carbons (Fsp3) is 0.0667. The molecule has 0 amide bonds. The molecule has 0 fully saturated rings. The van der Waals surface area contributed by atoms with E-state index in [9.17, 15) is 9.90 Å². The molecule has 2 heterocycles. The zero-order valence-corrected chi connectivity index (χ0v) is 13.8. The maximum absolute atomic E-state index is 11.7. The molecule has 0 aliphatic carbocycles. The molecule has 3 aromatic rings. The predicted molar refractivity (Wildman–Crippen MR) is 97.1 cm³/mol. The van der Waals surface area contributed by atoms with Crippen LogP contribution in [0.4, 0.5) is 5.95 Å². The third kappa shape index (κ3) is 3.58. The van der Waals surface area contributed by atoms with Crippen LogP contribution in [-0.4, -0.2) is 37.2 Å². The van der Waals surface area contributed by atoms with Gasteiger partial charge in [0.1, 0.15) is 5.56 Å². The molecule has 9 nitrogen and oxygen atoms in total. The summed E-state index contributed by atoms with van der Waals surface area (Å²) in [7, 11) is 0. The number of fused-ring (bicyclic) bond motifs is 1. The fourth-order valence-electron chi connectivity index (χ4n) is 2.14. The lowest BCUT2D eigenvalue weighted by Gasteiger charge is -2.02. The van der Waals surface area contributed by atoms with Gasteiger partial charge in [0.2, 0.25) is 11.8 Å². The Morgan fingerprint density at radius 2 is 2.08 bits per heavy atom. The largest absolute Gasteiger partial charge is 0.494 e. The summed E-state index contributed by atoms with van der Waals surface area (Å²) >= 11 is 4.74. The van der Waals surface area contributed by atoms with Gasteiger partial charge in [-0.3, -0.25) is 9.78 Å². The standard InChI is InChI=1S/C15H13N7O2S/c1-7-8-4-2-3-5-10(8)19-14(18-7)22-13(16)17-6-9-11(23)20-15(25)21-12(9)24/h2-6H,1H3,(H2,16,18,19,22)(H3,20,21,23,24,25). The van der Waals surface area contributed by atoms with E-state index in [4.69, 9.17) is 18.0 Å². The number of benzene rings is 1. The molecule has 5 N–H and O–H groups in total. The van der Waals surface area contributed by atoms with Gasteiger partial charge in [0.25, 0.3) is 11.5 Å². The average molecular weight is 355 g/mol. The van der Waals surface area contributed by atoms with Crippen LogP contribution in [0.5, 0.6) is 5.88 Å². The number of para-hydroxylation sites is 1. The predicted octanol–water partition coefficient (Wildman–Crippen LogP) is 1.46. The van der Waals surface area contributed by atoms with Gasteiger partial charge in [0, 0.05) is 11.6 Å². The number of nitrogens with zero attached hydrogens (tertiary/aromatic N) is 4. The smallest absolute Gasteiger partial charge is 0.264 e. The van der Waals surface area contributed by atoms with Gasteiger partial charge in [-0.25, -0.2) is 15.0 Å². The first kappa shape index (κ1) is 16.5. The molecular formula is C15H13N7O2S. The molecule has 25 heavy (non-hydrogen) atoms. The molecule has 2 aromatic heterocycles. The van der Waals surface area contributed by atoms with Crippen LogP contribution in [0.15, 0.2) is 39.0 Å². The monoisotopic (exact) mass is 355 g/mol. The number of hydrogen-bond acceptors (Lipinski definition) is 6. The van der Waals surface area contributed by atoms with Crippen molar-refractivity contribution in [3.05, 3.63) is 50.6 Å². The van der Waals surface area contributed by atoms with E-state index in [0.29, 0.717) is 0 Å². The van der Waals surface area contributed by atoms with Crippen LogP contribution in [0.3, 0.4) is 0 Å². The summed E-state index contributed by atoms with van der Waals surface area (Å²) in [6, 6.07) is 7.51. The number of rotatable bonds is 2. The summed E-state index contributed by atoms with van der Waals surface area (Å²) < 4.78 is 0.00123. The highest BCUT2D eigenvalue weighted by Crippen LogP contribution is 2.17. The highest BCUT2D eigenvalue weighted by atomic mass is 32.1. The summed E-state index contributed by atoms with van der Waals surface area (Å²) in [4.78, 5) is 32.8. The lowest BCUT2D eigenvalue weighted by Crippen LogP contribution is -2.15. The number of aromatic nitrogens is 4. The van der Waals surface area contributed by atoms with Crippen molar-refractivity contribution in [3.63, 3.8) is 0 Å². The van der Waals surface area contributed by atoms with Crippen molar-refractivity contribution >= 4 is 41.2 Å². The maximum atomic E-state index is 11.7. The van der Waals surface area contributed by atoms with E-state index in [0.717, 1.165) is 22.8 Å². The topological polar surface area (TPSA) is 145 Å². The first-order valence-electron chi connectivity index (χ1n) is 7.11. The number of H-pyrrole nitrogens is 2. The van der Waals surface area contributed by atoms with Crippen molar-refractivity contribution in [2.24, 2.45) is 15.7 Å². The molecular weight excluding hydrogens is 342 g/mol. The second kappa shape index (κ2) is 6.61. The van der Waals surface area contributed by atoms with Crippen molar-refractivity contribution in [1.29, 1.82) is 0 Å². The van der Waals surface area contributed by atoms with E-state index in [-0.39, 0.29) is 22.2 Å². The molecule has 10 heteroatoms. The maximum Gasteiger partial charge on any atom is 0.264 e. The SMILES string of the molecule is Cc1nc(N=C(N)N=Cc2c(O)[nH]c(=S)[nH]c2=O)nc2ccccc12. The molecule has 1 aromatic carbocycles. The average Bonchev–Trinajstić information content (AvgIpc) is 2.54. The zero-order chi connectivity index (χ0) is 18.0. The summed E-state index contributed by atoms with van der Waals surface area (Å²) in [5, 5.41) is 10.6. The molecule has 0 aliphatic rings. The van der Waals surface area contributed by atoms with Gasteiger partial charge >= 0.3 is 0 Å². The summed E-state index contributed by atoms with van der Waals surface area (Å²) in [6.07, 6.45) is 1.08. The van der Waals surface area contributed by atoms with Crippen LogP contribution in [0.25, 0.3) is 10.9 Å². The Morgan fingerprint density at radius 1 is 1.32 bits per heavy atom. The Bertz CT molecular complexity index is 1130. The minimum Gasteiger partial charge on any atom is -0.494 e. The van der Waals surface area contributed by atoms with Gasteiger partial charge in [0.15, 0.2) is 4.77 Å². The molecule has 3 rings (SSSR count). The number of guanidine groups is 1. The Kier molecular flexibility index (Phi) is 4.35. The quantitative estimate of drug-likeness (QED) is 0.311. The summed E-state index contributed by atoms with van der Waals surface area (Å²) in [6.45, 7) is 1.84. The number of hydrogen-bond donors (Lipinski definition) is 4. The van der Waals surface area contributed by atoms with Gasteiger partial charge < -0.3 is 15.8 Å². The van der Waals surface area contributed by atoms with E-state index in [1.165, 1.54) is 0 Å². The third-order valence-corrected chi connectivity index (χ3v) is 3.49. The fourth-order valence-corrected chi connectivity index (χ4v) is 2.33. The van der Waals surface area contributed by atoms with Crippen molar-refractivity contribution in [2.75, 3.05) is 0 Å². The number of aromatic hydroxyl groups is 1. The Morgan fingerprint density at radius 3 is 2.84 bits per heavy atom. The summed E-state index contributed by atoms with van der Waals surface area (Å²) in [5.41, 5.74) is 6.49. The van der Waals surface area contributed by atoms with Gasteiger partial charge in [-0.15, -0.1) is 0 Å². The first-order chi connectivity index (χ1) is 11.9. The molecule has 0 spiro atoms. The molecule has 0 saturated heterocycles. The highest BCUT2D eigenvalue weighted by molar-refractivity contribution is 7.71. The molecule has 0 radical (unpaired) electrons. The summed E-state index contributed by atoms with van der Waals surface area (Å²) in [5.74, 6) is -0.435. The van der Waals surface area contributed by atoms with Crippen LogP contribution in [0, 0.1) is 11.7 Å². The highest BCUT2D eigenvalue weighted by Gasteiger charge is 2.06.